The lowest BCUT2D eigenvalue weighted by Crippen LogP contribution is -2.32. The first kappa shape index (κ1) is 12.2. The monoisotopic (exact) mass is 238 g/mol. The minimum absolute atomic E-state index is 0.213. The summed E-state index contributed by atoms with van der Waals surface area (Å²) < 4.78 is 1.83. The minimum Gasteiger partial charge on any atom is -0.378 e. The van der Waals surface area contributed by atoms with E-state index in [4.69, 9.17) is 0 Å². The molecule has 1 aromatic heterocycles. The van der Waals surface area contributed by atoms with E-state index < -0.39 is 0 Å². The molecule has 0 radical (unpaired) electrons. The summed E-state index contributed by atoms with van der Waals surface area (Å²) in [4.78, 5) is 16.1. The molecule has 0 spiro atoms. The van der Waals surface area contributed by atoms with Gasteiger partial charge >= 0.3 is 0 Å². The van der Waals surface area contributed by atoms with Crippen molar-refractivity contribution < 1.29 is 5.11 Å². The second kappa shape index (κ2) is 5.88. The first-order valence-corrected chi connectivity index (χ1v) is 6.07. The van der Waals surface area contributed by atoms with E-state index in [0.29, 0.717) is 0 Å². The molecule has 1 aliphatic rings. The van der Waals surface area contributed by atoms with Gasteiger partial charge in [-0.2, -0.15) is 0 Å². The molecule has 0 bridgehead atoms. The Morgan fingerprint density at radius 1 is 1.47 bits per heavy atom. The fraction of sp³-hybridized carbons (Fsp3) is 0.727. The number of likely N-dealkylation sites (tertiary alicyclic amines) is 1. The van der Waals surface area contributed by atoms with Crippen LogP contribution in [0.15, 0.2) is 17.7 Å². The Morgan fingerprint density at radius 3 is 2.88 bits per heavy atom. The van der Waals surface area contributed by atoms with Gasteiger partial charge in [-0.15, -0.1) is 4.91 Å². The lowest BCUT2D eigenvalue weighted by molar-refractivity contribution is 0.0118. The van der Waals surface area contributed by atoms with Gasteiger partial charge in [0.1, 0.15) is 6.23 Å². The summed E-state index contributed by atoms with van der Waals surface area (Å²) in [5.41, 5.74) is 0. The molecule has 0 aromatic carbocycles. The largest absolute Gasteiger partial charge is 0.378 e. The number of rotatable bonds is 6. The minimum atomic E-state index is -0.329. The normalized spacial score (nSPS) is 18.4. The van der Waals surface area contributed by atoms with Crippen LogP contribution in [0.2, 0.25) is 0 Å². The molecule has 1 fully saturated rings. The van der Waals surface area contributed by atoms with E-state index in [1.165, 1.54) is 12.8 Å². The maximum absolute atomic E-state index is 10.2. The Bertz CT molecular complexity index is 360. The third kappa shape index (κ3) is 3.34. The van der Waals surface area contributed by atoms with E-state index in [0.717, 1.165) is 32.5 Å². The van der Waals surface area contributed by atoms with Crippen LogP contribution in [0, 0.1) is 4.91 Å². The number of nitrogens with zero attached hydrogens (tertiary/aromatic N) is 4. The third-order valence-electron chi connectivity index (χ3n) is 3.15. The van der Waals surface area contributed by atoms with Crippen LogP contribution in [0.4, 0.5) is 5.82 Å². The van der Waals surface area contributed by atoms with Crippen LogP contribution in [0.1, 0.15) is 25.7 Å². The highest BCUT2D eigenvalue weighted by Crippen LogP contribution is 2.14. The van der Waals surface area contributed by atoms with Gasteiger partial charge in [0.25, 0.3) is 0 Å². The van der Waals surface area contributed by atoms with Gasteiger partial charge in [-0.25, -0.2) is 4.98 Å². The number of aromatic nitrogens is 2. The van der Waals surface area contributed by atoms with Crippen molar-refractivity contribution in [2.45, 2.75) is 38.5 Å². The molecule has 1 aromatic rings. The molecule has 1 saturated heterocycles. The second-order valence-electron chi connectivity index (χ2n) is 4.43. The molecule has 0 aliphatic carbocycles. The van der Waals surface area contributed by atoms with Crippen LogP contribution in [-0.4, -0.2) is 38.9 Å². The first-order chi connectivity index (χ1) is 8.29. The Kier molecular flexibility index (Phi) is 4.22. The van der Waals surface area contributed by atoms with Crippen molar-refractivity contribution in [3.63, 3.8) is 0 Å². The Labute approximate surface area is 100 Å². The number of aliphatic hydroxyl groups excluding tert-OH is 1. The van der Waals surface area contributed by atoms with Gasteiger partial charge in [0.2, 0.25) is 5.82 Å². The summed E-state index contributed by atoms with van der Waals surface area (Å²) in [5, 5.41) is 12.7. The van der Waals surface area contributed by atoms with Crippen LogP contribution in [0.3, 0.4) is 0 Å². The molecule has 17 heavy (non-hydrogen) atoms. The van der Waals surface area contributed by atoms with E-state index in [1.807, 2.05) is 4.57 Å². The topological polar surface area (TPSA) is 70.7 Å². The summed E-state index contributed by atoms with van der Waals surface area (Å²) in [7, 11) is 0. The average molecular weight is 238 g/mol. The molecule has 94 valence electrons. The molecule has 6 heteroatoms. The first-order valence-electron chi connectivity index (χ1n) is 6.07. The molecule has 1 atom stereocenters. The number of imidazole rings is 1. The number of hydrogen-bond donors (Lipinski definition) is 1. The molecule has 1 N–H and O–H groups in total. The predicted molar refractivity (Wildman–Crippen MR) is 63.7 cm³/mol. The highest BCUT2D eigenvalue weighted by Gasteiger charge is 2.18. The second-order valence-corrected chi connectivity index (χ2v) is 4.43. The molecule has 1 aliphatic heterocycles. The highest BCUT2D eigenvalue weighted by molar-refractivity contribution is 5.21. The van der Waals surface area contributed by atoms with E-state index in [2.05, 4.69) is 15.1 Å². The van der Waals surface area contributed by atoms with Crippen molar-refractivity contribution >= 4 is 5.82 Å². The van der Waals surface area contributed by atoms with Crippen molar-refractivity contribution in [1.29, 1.82) is 0 Å². The van der Waals surface area contributed by atoms with Gasteiger partial charge in [-0.05, 0) is 30.9 Å². The zero-order valence-electron chi connectivity index (χ0n) is 9.83. The number of nitroso groups, excluding NO2 is 1. The lowest BCUT2D eigenvalue weighted by atomic mass is 10.2. The third-order valence-corrected chi connectivity index (χ3v) is 3.15. The van der Waals surface area contributed by atoms with Crippen molar-refractivity contribution in [2.75, 3.05) is 13.1 Å². The van der Waals surface area contributed by atoms with Gasteiger partial charge in [0.15, 0.2) is 0 Å². The molecular formula is C11H18N4O2. The summed E-state index contributed by atoms with van der Waals surface area (Å²) in [5.74, 6) is 0.213. The zero-order chi connectivity index (χ0) is 12.1. The smallest absolute Gasteiger partial charge is 0.214 e. The van der Waals surface area contributed by atoms with Gasteiger partial charge < -0.3 is 9.67 Å². The summed E-state index contributed by atoms with van der Waals surface area (Å²) in [6.07, 6.45) is 6.88. The zero-order valence-corrected chi connectivity index (χ0v) is 9.83. The SMILES string of the molecule is O=Nc1cn(CCCC(O)N2CCCC2)cn1. The van der Waals surface area contributed by atoms with E-state index in [1.54, 1.807) is 12.5 Å². The number of aliphatic hydroxyl groups is 1. The van der Waals surface area contributed by atoms with Gasteiger partial charge in [0, 0.05) is 19.6 Å². The fourth-order valence-electron chi connectivity index (χ4n) is 2.20. The van der Waals surface area contributed by atoms with Gasteiger partial charge in [0.05, 0.1) is 12.5 Å². The predicted octanol–water partition coefficient (Wildman–Crippen LogP) is 1.48. The standard InChI is InChI=1S/C11H18N4O2/c16-11(15-6-1-2-7-15)4-3-5-14-8-10(13-17)12-9-14/h8-9,11,16H,1-7H2. The van der Waals surface area contributed by atoms with Crippen LogP contribution < -0.4 is 0 Å². The van der Waals surface area contributed by atoms with E-state index >= 15 is 0 Å². The molecule has 0 saturated carbocycles. The van der Waals surface area contributed by atoms with E-state index in [9.17, 15) is 10.0 Å². The molecule has 1 unspecified atom stereocenters. The van der Waals surface area contributed by atoms with Crippen molar-refractivity contribution in [3.8, 4) is 0 Å². The van der Waals surface area contributed by atoms with Crippen LogP contribution in [-0.2, 0) is 6.54 Å². The Balaban J connectivity index is 1.69. The van der Waals surface area contributed by atoms with Gasteiger partial charge in [-0.3, -0.25) is 4.90 Å². The Hall–Kier alpha value is -1.27. The molecule has 6 nitrogen and oxygen atoms in total. The highest BCUT2D eigenvalue weighted by atomic mass is 16.3. The number of aryl methyl sites for hydroxylation is 1. The van der Waals surface area contributed by atoms with Crippen molar-refractivity contribution in [2.24, 2.45) is 5.18 Å². The number of hydrogen-bond acceptors (Lipinski definition) is 5. The van der Waals surface area contributed by atoms with Crippen LogP contribution >= 0.6 is 0 Å². The molecular weight excluding hydrogens is 220 g/mol. The van der Waals surface area contributed by atoms with E-state index in [-0.39, 0.29) is 12.0 Å². The van der Waals surface area contributed by atoms with Crippen LogP contribution in [0.25, 0.3) is 0 Å². The quantitative estimate of drug-likeness (QED) is 0.762. The maximum atomic E-state index is 10.2. The van der Waals surface area contributed by atoms with Crippen molar-refractivity contribution in [1.82, 2.24) is 14.5 Å². The average Bonchev–Trinajstić information content (AvgIpc) is 3.00. The summed E-state index contributed by atoms with van der Waals surface area (Å²) >= 11 is 0. The van der Waals surface area contributed by atoms with Gasteiger partial charge in [-0.1, -0.05) is 0 Å². The summed E-state index contributed by atoms with van der Waals surface area (Å²) in [6, 6.07) is 0. The summed E-state index contributed by atoms with van der Waals surface area (Å²) in [6.45, 7) is 2.77. The fourth-order valence-corrected chi connectivity index (χ4v) is 2.20. The van der Waals surface area contributed by atoms with Crippen LogP contribution in [0.5, 0.6) is 0 Å². The maximum Gasteiger partial charge on any atom is 0.214 e. The molecule has 2 rings (SSSR count). The molecule has 2 heterocycles. The molecule has 0 amide bonds. The van der Waals surface area contributed by atoms with Crippen molar-refractivity contribution in [3.05, 3.63) is 17.4 Å². The lowest BCUT2D eigenvalue weighted by Gasteiger charge is -2.22. The Morgan fingerprint density at radius 2 is 2.24 bits per heavy atom.